The smallest absolute Gasteiger partial charge is 0.280 e. The molecular formula is C23H23Cl2N5O3S. The highest BCUT2D eigenvalue weighted by molar-refractivity contribution is 7.23. The number of benzene rings is 2. The van der Waals surface area contributed by atoms with Crippen LogP contribution in [0.25, 0.3) is 21.3 Å². The van der Waals surface area contributed by atoms with Crippen LogP contribution in [-0.2, 0) is 4.74 Å². The number of fused-ring (bicyclic) bond motifs is 2. The summed E-state index contributed by atoms with van der Waals surface area (Å²) in [5, 5.41) is 1.12. The van der Waals surface area contributed by atoms with Crippen molar-refractivity contribution in [2.24, 2.45) is 0 Å². The second kappa shape index (κ2) is 10.8. The van der Waals surface area contributed by atoms with Crippen molar-refractivity contribution in [2.45, 2.75) is 0 Å². The molecule has 1 saturated heterocycles. The van der Waals surface area contributed by atoms with Crippen LogP contribution in [-0.4, -0.2) is 72.3 Å². The van der Waals surface area contributed by atoms with E-state index in [1.54, 1.807) is 24.1 Å². The molecule has 1 aliphatic rings. The normalized spacial score (nSPS) is 14.2. The molecule has 0 saturated carbocycles. The standard InChI is InChI=1S/C23H22ClN5O3S.ClH/c1-31-19-7-6-15(24)21-20(19)27-23(33-21)29(9-8-28-10-12-32-13-11-28)22(30)18-14-25-16-4-2-3-5-17(16)26-18;/h2-7,14H,8-13H2,1H3;1H. The van der Waals surface area contributed by atoms with Gasteiger partial charge in [-0.15, -0.1) is 12.4 Å². The number of methoxy groups -OCH3 is 1. The maximum atomic E-state index is 13.7. The summed E-state index contributed by atoms with van der Waals surface area (Å²) >= 11 is 7.80. The minimum atomic E-state index is -0.254. The number of para-hydroxylation sites is 2. The van der Waals surface area contributed by atoms with E-state index in [-0.39, 0.29) is 24.0 Å². The van der Waals surface area contributed by atoms with Gasteiger partial charge in [0, 0.05) is 26.2 Å². The average Bonchev–Trinajstić information content (AvgIpc) is 3.31. The molecule has 1 amide bonds. The van der Waals surface area contributed by atoms with Gasteiger partial charge >= 0.3 is 0 Å². The number of carbonyl (C=O) groups is 1. The number of anilines is 1. The van der Waals surface area contributed by atoms with E-state index in [4.69, 9.17) is 26.1 Å². The Kier molecular flexibility index (Phi) is 7.80. The van der Waals surface area contributed by atoms with E-state index in [9.17, 15) is 4.79 Å². The number of ether oxygens (including phenoxy) is 2. The number of halogens is 2. The minimum Gasteiger partial charge on any atom is -0.494 e. The third-order valence-corrected chi connectivity index (χ3v) is 7.09. The third-order valence-electron chi connectivity index (χ3n) is 5.55. The molecule has 11 heteroatoms. The van der Waals surface area contributed by atoms with E-state index in [0.29, 0.717) is 53.2 Å². The van der Waals surface area contributed by atoms with Crippen LogP contribution < -0.4 is 9.64 Å². The molecule has 0 unspecified atom stereocenters. The molecule has 1 aliphatic heterocycles. The van der Waals surface area contributed by atoms with Crippen molar-refractivity contribution in [3.63, 3.8) is 0 Å². The summed E-state index contributed by atoms with van der Waals surface area (Å²) in [5.41, 5.74) is 2.32. The van der Waals surface area contributed by atoms with Crippen molar-refractivity contribution in [1.82, 2.24) is 19.9 Å². The number of hydrogen-bond donors (Lipinski definition) is 0. The summed E-state index contributed by atoms with van der Waals surface area (Å²) in [6.45, 7) is 4.19. The van der Waals surface area contributed by atoms with Crippen LogP contribution >= 0.6 is 35.3 Å². The van der Waals surface area contributed by atoms with Crippen LogP contribution in [0.5, 0.6) is 5.75 Å². The molecule has 178 valence electrons. The van der Waals surface area contributed by atoms with Gasteiger partial charge in [0.15, 0.2) is 5.13 Å². The van der Waals surface area contributed by atoms with E-state index in [1.165, 1.54) is 17.5 Å². The van der Waals surface area contributed by atoms with E-state index in [1.807, 2.05) is 24.3 Å². The maximum Gasteiger partial charge on any atom is 0.280 e. The molecule has 0 N–H and O–H groups in total. The zero-order valence-corrected chi connectivity index (χ0v) is 20.8. The maximum absolute atomic E-state index is 13.7. The van der Waals surface area contributed by atoms with Gasteiger partial charge in [-0.25, -0.2) is 9.97 Å². The van der Waals surface area contributed by atoms with Gasteiger partial charge in [-0.1, -0.05) is 35.1 Å². The molecule has 0 aliphatic carbocycles. The molecule has 8 nitrogen and oxygen atoms in total. The van der Waals surface area contributed by atoms with Gasteiger partial charge in [-0.2, -0.15) is 0 Å². The Morgan fingerprint density at radius 3 is 2.71 bits per heavy atom. The quantitative estimate of drug-likeness (QED) is 0.375. The zero-order valence-electron chi connectivity index (χ0n) is 18.4. The van der Waals surface area contributed by atoms with Crippen molar-refractivity contribution in [3.8, 4) is 5.75 Å². The number of carbonyl (C=O) groups excluding carboxylic acids is 1. The molecule has 1 fully saturated rings. The number of rotatable bonds is 6. The lowest BCUT2D eigenvalue weighted by Gasteiger charge is -2.29. The summed E-state index contributed by atoms with van der Waals surface area (Å²) in [6, 6.07) is 11.0. The van der Waals surface area contributed by atoms with Gasteiger partial charge in [0.05, 0.1) is 47.3 Å². The highest BCUT2D eigenvalue weighted by Gasteiger charge is 2.25. The summed E-state index contributed by atoms with van der Waals surface area (Å²) < 4.78 is 11.7. The first-order chi connectivity index (χ1) is 16.1. The second-order valence-corrected chi connectivity index (χ2v) is 8.96. The van der Waals surface area contributed by atoms with E-state index in [2.05, 4.69) is 14.9 Å². The van der Waals surface area contributed by atoms with Crippen molar-refractivity contribution in [3.05, 3.63) is 53.3 Å². The molecule has 4 aromatic rings. The highest BCUT2D eigenvalue weighted by atomic mass is 35.5. The second-order valence-electron chi connectivity index (χ2n) is 7.58. The number of thiazole rings is 1. The Morgan fingerprint density at radius 2 is 1.94 bits per heavy atom. The molecule has 2 aromatic heterocycles. The molecule has 0 atom stereocenters. The number of aromatic nitrogens is 3. The molecule has 0 spiro atoms. The monoisotopic (exact) mass is 519 g/mol. The van der Waals surface area contributed by atoms with Crippen LogP contribution in [0, 0.1) is 0 Å². The third kappa shape index (κ3) is 4.94. The van der Waals surface area contributed by atoms with E-state index >= 15 is 0 Å². The Morgan fingerprint density at radius 1 is 1.18 bits per heavy atom. The SMILES string of the molecule is COc1ccc(Cl)c2sc(N(CCN3CCOCC3)C(=O)c3cnc4ccccc4n3)nc12.Cl. The summed E-state index contributed by atoms with van der Waals surface area (Å²) in [5.74, 6) is 0.360. The summed E-state index contributed by atoms with van der Waals surface area (Å²) in [6.07, 6.45) is 1.52. The van der Waals surface area contributed by atoms with Gasteiger partial charge in [0.1, 0.15) is 17.0 Å². The van der Waals surface area contributed by atoms with Crippen LogP contribution in [0.2, 0.25) is 5.02 Å². The largest absolute Gasteiger partial charge is 0.494 e. The summed E-state index contributed by atoms with van der Waals surface area (Å²) in [7, 11) is 1.59. The number of hydrogen-bond acceptors (Lipinski definition) is 8. The lowest BCUT2D eigenvalue weighted by Crippen LogP contribution is -2.43. The molecule has 0 radical (unpaired) electrons. The Labute approximate surface area is 211 Å². The van der Waals surface area contributed by atoms with Crippen molar-refractivity contribution in [1.29, 1.82) is 0 Å². The Bertz CT molecular complexity index is 1310. The predicted molar refractivity (Wildman–Crippen MR) is 137 cm³/mol. The Balaban J connectivity index is 0.00000274. The predicted octanol–water partition coefficient (Wildman–Crippen LogP) is 4.30. The first kappa shape index (κ1) is 24.6. The van der Waals surface area contributed by atoms with Crippen LogP contribution in [0.4, 0.5) is 5.13 Å². The van der Waals surface area contributed by atoms with Gasteiger partial charge in [-0.3, -0.25) is 19.6 Å². The molecule has 3 heterocycles. The lowest BCUT2D eigenvalue weighted by atomic mass is 10.3. The first-order valence-electron chi connectivity index (χ1n) is 10.6. The fourth-order valence-corrected chi connectivity index (χ4v) is 5.05. The Hall–Kier alpha value is -2.56. The van der Waals surface area contributed by atoms with Crippen molar-refractivity contribution in [2.75, 3.05) is 51.4 Å². The van der Waals surface area contributed by atoms with Gasteiger partial charge in [0.25, 0.3) is 5.91 Å². The van der Waals surface area contributed by atoms with E-state index < -0.39 is 0 Å². The first-order valence-corrected chi connectivity index (χ1v) is 11.8. The van der Waals surface area contributed by atoms with Crippen LogP contribution in [0.15, 0.2) is 42.6 Å². The van der Waals surface area contributed by atoms with Gasteiger partial charge in [0.2, 0.25) is 0 Å². The van der Waals surface area contributed by atoms with Crippen molar-refractivity contribution < 1.29 is 14.3 Å². The van der Waals surface area contributed by atoms with Crippen LogP contribution in [0.1, 0.15) is 10.5 Å². The molecule has 2 aromatic carbocycles. The lowest BCUT2D eigenvalue weighted by molar-refractivity contribution is 0.0391. The molecule has 5 rings (SSSR count). The number of amides is 1. The number of nitrogens with zero attached hydrogens (tertiary/aromatic N) is 5. The molecule has 34 heavy (non-hydrogen) atoms. The fourth-order valence-electron chi connectivity index (χ4n) is 3.77. The van der Waals surface area contributed by atoms with Crippen LogP contribution in [0.3, 0.4) is 0 Å². The minimum absolute atomic E-state index is 0. The van der Waals surface area contributed by atoms with E-state index in [0.717, 1.165) is 23.3 Å². The highest BCUT2D eigenvalue weighted by Crippen LogP contribution is 2.39. The summed E-state index contributed by atoms with van der Waals surface area (Å²) in [4.78, 5) is 31.3. The topological polar surface area (TPSA) is 80.7 Å². The molecular weight excluding hydrogens is 497 g/mol. The van der Waals surface area contributed by atoms with Gasteiger partial charge in [-0.05, 0) is 24.3 Å². The number of morpholine rings is 1. The molecule has 0 bridgehead atoms. The fraction of sp³-hybridized carbons (Fsp3) is 0.304. The average molecular weight is 520 g/mol. The zero-order chi connectivity index (χ0) is 22.8. The van der Waals surface area contributed by atoms with Crippen molar-refractivity contribution >= 4 is 67.6 Å². The van der Waals surface area contributed by atoms with Gasteiger partial charge < -0.3 is 9.47 Å².